The SMILES string of the molecule is COc1cc(Br)c(C(C)(C)C)cc1C1CC1c1cc(F)ccc1C(C)(C)C. The van der Waals surface area contributed by atoms with Crippen LogP contribution in [0.15, 0.2) is 34.8 Å². The van der Waals surface area contributed by atoms with Crippen LogP contribution in [0.3, 0.4) is 0 Å². The fourth-order valence-corrected chi connectivity index (χ4v) is 4.94. The number of halogens is 2. The zero-order valence-electron chi connectivity index (χ0n) is 17.4. The Balaban J connectivity index is 2.04. The fraction of sp³-hybridized carbons (Fsp3) is 0.500. The molecule has 0 aliphatic heterocycles. The lowest BCUT2D eigenvalue weighted by molar-refractivity contribution is 0.408. The monoisotopic (exact) mass is 432 g/mol. The molecule has 0 N–H and O–H groups in total. The summed E-state index contributed by atoms with van der Waals surface area (Å²) in [5.74, 6) is 1.48. The third kappa shape index (κ3) is 4.08. The first-order valence-electron chi connectivity index (χ1n) is 9.61. The van der Waals surface area contributed by atoms with Gasteiger partial charge in [0.25, 0.3) is 0 Å². The van der Waals surface area contributed by atoms with E-state index in [0.717, 1.165) is 22.2 Å². The summed E-state index contributed by atoms with van der Waals surface area (Å²) in [7, 11) is 1.72. The molecule has 3 heteroatoms. The molecule has 2 unspecified atom stereocenters. The lowest BCUT2D eigenvalue weighted by atomic mass is 9.81. The number of hydrogen-bond donors (Lipinski definition) is 0. The quantitative estimate of drug-likeness (QED) is 0.488. The summed E-state index contributed by atoms with van der Waals surface area (Å²) in [4.78, 5) is 0. The van der Waals surface area contributed by atoms with E-state index in [2.05, 4.69) is 69.6 Å². The molecule has 0 spiro atoms. The van der Waals surface area contributed by atoms with E-state index in [1.807, 2.05) is 6.07 Å². The van der Waals surface area contributed by atoms with Gasteiger partial charge < -0.3 is 4.74 Å². The van der Waals surface area contributed by atoms with Gasteiger partial charge >= 0.3 is 0 Å². The van der Waals surface area contributed by atoms with Gasteiger partial charge in [-0.15, -0.1) is 0 Å². The van der Waals surface area contributed by atoms with Gasteiger partial charge in [0, 0.05) is 4.47 Å². The summed E-state index contributed by atoms with van der Waals surface area (Å²) in [6.45, 7) is 13.2. The van der Waals surface area contributed by atoms with Crippen LogP contribution in [-0.2, 0) is 10.8 Å². The van der Waals surface area contributed by atoms with Gasteiger partial charge in [0.2, 0.25) is 0 Å². The number of hydrogen-bond acceptors (Lipinski definition) is 1. The summed E-state index contributed by atoms with van der Waals surface area (Å²) >= 11 is 3.71. The van der Waals surface area contributed by atoms with Crippen LogP contribution in [0.5, 0.6) is 5.75 Å². The molecule has 0 amide bonds. The molecule has 1 saturated carbocycles. The maximum Gasteiger partial charge on any atom is 0.123 e. The summed E-state index contributed by atoms with van der Waals surface area (Å²) in [6, 6.07) is 9.64. The molecule has 0 radical (unpaired) electrons. The third-order valence-corrected chi connectivity index (χ3v) is 6.19. The van der Waals surface area contributed by atoms with Crippen LogP contribution in [0.2, 0.25) is 0 Å². The molecule has 3 rings (SSSR count). The molecular formula is C24H30BrFO. The minimum atomic E-state index is -0.151. The predicted molar refractivity (Wildman–Crippen MR) is 115 cm³/mol. The molecule has 0 saturated heterocycles. The number of rotatable bonds is 3. The lowest BCUT2D eigenvalue weighted by Crippen LogP contribution is -2.14. The molecule has 27 heavy (non-hydrogen) atoms. The summed E-state index contributed by atoms with van der Waals surface area (Å²) < 4.78 is 20.8. The second kappa shape index (κ2) is 6.92. The van der Waals surface area contributed by atoms with E-state index in [1.54, 1.807) is 19.2 Å². The minimum Gasteiger partial charge on any atom is -0.496 e. The lowest BCUT2D eigenvalue weighted by Gasteiger charge is -2.24. The Bertz CT molecular complexity index is 858. The van der Waals surface area contributed by atoms with E-state index in [0.29, 0.717) is 11.8 Å². The molecule has 0 aromatic heterocycles. The van der Waals surface area contributed by atoms with Crippen LogP contribution in [-0.4, -0.2) is 7.11 Å². The Hall–Kier alpha value is -1.35. The third-order valence-electron chi connectivity index (χ3n) is 5.54. The van der Waals surface area contributed by atoms with Crippen LogP contribution in [0.25, 0.3) is 0 Å². The molecular weight excluding hydrogens is 403 g/mol. The Morgan fingerprint density at radius 1 is 0.889 bits per heavy atom. The van der Waals surface area contributed by atoms with Crippen LogP contribution in [0.1, 0.15) is 82.1 Å². The summed E-state index contributed by atoms with van der Waals surface area (Å²) in [6.07, 6.45) is 1.04. The molecule has 0 heterocycles. The zero-order chi connectivity index (χ0) is 20.1. The summed E-state index contributed by atoms with van der Waals surface area (Å²) in [5.41, 5.74) is 4.94. The molecule has 1 fully saturated rings. The van der Waals surface area contributed by atoms with Gasteiger partial charge in [-0.2, -0.15) is 0 Å². The molecule has 2 aromatic carbocycles. The highest BCUT2D eigenvalue weighted by Crippen LogP contribution is 2.59. The average Bonchev–Trinajstić information content (AvgIpc) is 3.32. The van der Waals surface area contributed by atoms with Crippen molar-refractivity contribution in [3.63, 3.8) is 0 Å². The minimum absolute atomic E-state index is 0.00343. The largest absolute Gasteiger partial charge is 0.496 e. The summed E-state index contributed by atoms with van der Waals surface area (Å²) in [5, 5.41) is 0. The van der Waals surface area contributed by atoms with E-state index in [-0.39, 0.29) is 16.6 Å². The highest BCUT2D eigenvalue weighted by Gasteiger charge is 2.44. The van der Waals surface area contributed by atoms with Crippen LogP contribution in [0.4, 0.5) is 4.39 Å². The average molecular weight is 433 g/mol. The van der Waals surface area contributed by atoms with Crippen molar-refractivity contribution < 1.29 is 9.13 Å². The van der Waals surface area contributed by atoms with Crippen molar-refractivity contribution in [2.75, 3.05) is 7.11 Å². The Labute approximate surface area is 171 Å². The Kier molecular flexibility index (Phi) is 5.22. The van der Waals surface area contributed by atoms with Gasteiger partial charge in [0.05, 0.1) is 7.11 Å². The molecule has 1 aliphatic carbocycles. The first-order chi connectivity index (χ1) is 12.4. The van der Waals surface area contributed by atoms with Gasteiger partial charge in [-0.25, -0.2) is 4.39 Å². The fourth-order valence-electron chi connectivity index (χ4n) is 4.02. The standard InChI is InChI=1S/C24H30BrFO/c1-23(2,3)19-9-8-14(26)10-17(19)15-11-16(15)18-12-20(24(4,5)6)21(25)13-22(18)27-7/h8-10,12-13,15-16H,11H2,1-7H3. The van der Waals surface area contributed by atoms with Crippen molar-refractivity contribution in [2.45, 2.75) is 70.6 Å². The maximum atomic E-state index is 14.0. The molecule has 0 bridgehead atoms. The van der Waals surface area contributed by atoms with Crippen LogP contribution >= 0.6 is 15.9 Å². The van der Waals surface area contributed by atoms with E-state index in [4.69, 9.17) is 4.74 Å². The van der Waals surface area contributed by atoms with Crippen molar-refractivity contribution in [3.05, 3.63) is 62.9 Å². The Morgan fingerprint density at radius 2 is 1.48 bits per heavy atom. The van der Waals surface area contributed by atoms with Crippen LogP contribution < -0.4 is 4.74 Å². The zero-order valence-corrected chi connectivity index (χ0v) is 19.0. The second-order valence-corrected chi connectivity index (χ2v) is 10.6. The van der Waals surface area contributed by atoms with Crippen molar-refractivity contribution in [2.24, 2.45) is 0 Å². The number of ether oxygens (including phenoxy) is 1. The normalized spacial score (nSPS) is 19.9. The molecule has 2 aromatic rings. The molecule has 1 nitrogen and oxygen atoms in total. The van der Waals surface area contributed by atoms with E-state index >= 15 is 0 Å². The second-order valence-electron chi connectivity index (χ2n) is 9.75. The van der Waals surface area contributed by atoms with Crippen molar-refractivity contribution in [1.82, 2.24) is 0 Å². The highest BCUT2D eigenvalue weighted by atomic mass is 79.9. The van der Waals surface area contributed by atoms with Crippen LogP contribution in [0, 0.1) is 5.82 Å². The van der Waals surface area contributed by atoms with Crippen molar-refractivity contribution in [3.8, 4) is 5.75 Å². The van der Waals surface area contributed by atoms with E-state index in [9.17, 15) is 4.39 Å². The molecule has 146 valence electrons. The van der Waals surface area contributed by atoms with Gasteiger partial charge in [-0.1, -0.05) is 69.6 Å². The van der Waals surface area contributed by atoms with Gasteiger partial charge in [0.1, 0.15) is 11.6 Å². The Morgan fingerprint density at radius 3 is 2.04 bits per heavy atom. The topological polar surface area (TPSA) is 9.23 Å². The highest BCUT2D eigenvalue weighted by molar-refractivity contribution is 9.10. The predicted octanol–water partition coefficient (Wildman–Crippen LogP) is 7.46. The maximum absolute atomic E-state index is 14.0. The van der Waals surface area contributed by atoms with Crippen molar-refractivity contribution >= 4 is 15.9 Å². The van der Waals surface area contributed by atoms with E-state index < -0.39 is 0 Å². The smallest absolute Gasteiger partial charge is 0.123 e. The first kappa shape index (κ1) is 20.4. The van der Waals surface area contributed by atoms with E-state index in [1.165, 1.54) is 16.7 Å². The van der Waals surface area contributed by atoms with Gasteiger partial charge in [-0.3, -0.25) is 0 Å². The number of methoxy groups -OCH3 is 1. The number of benzene rings is 2. The van der Waals surface area contributed by atoms with Gasteiger partial charge in [0.15, 0.2) is 0 Å². The molecule has 2 atom stereocenters. The van der Waals surface area contributed by atoms with Gasteiger partial charge in [-0.05, 0) is 69.5 Å². The first-order valence-corrected chi connectivity index (χ1v) is 10.4. The molecule has 1 aliphatic rings. The van der Waals surface area contributed by atoms with Crippen molar-refractivity contribution in [1.29, 1.82) is 0 Å².